The number of amides is 2. The van der Waals surface area contributed by atoms with Gasteiger partial charge < -0.3 is 24.4 Å². The molecule has 1 saturated heterocycles. The SMILES string of the molecule is CCCOC(=O)CCSC=C(C)C1C(NC(=O)COc2ccccc2)C(=O)N1CC(=O)OCC(Cl)(Cl)Cl. The third-order valence-electron chi connectivity index (χ3n) is 4.95. The molecule has 1 aliphatic heterocycles. The normalized spacial score (nSPS) is 17.6. The number of carbonyl (C=O) groups excluding carboxylic acids is 4. The first kappa shape index (κ1) is 31.1. The zero-order valence-corrected chi connectivity index (χ0v) is 23.5. The number of para-hydroxylation sites is 1. The van der Waals surface area contributed by atoms with Crippen molar-refractivity contribution < 1.29 is 33.4 Å². The molecule has 1 N–H and O–H groups in total. The van der Waals surface area contributed by atoms with Gasteiger partial charge in [-0.05, 0) is 36.5 Å². The summed E-state index contributed by atoms with van der Waals surface area (Å²) in [6.07, 6.45) is 0.971. The first-order chi connectivity index (χ1) is 17.5. The number of rotatable bonds is 14. The Hall–Kier alpha value is -2.14. The average Bonchev–Trinajstić information content (AvgIpc) is 2.86. The van der Waals surface area contributed by atoms with Crippen molar-refractivity contribution in [3.8, 4) is 5.75 Å². The van der Waals surface area contributed by atoms with Gasteiger partial charge in [-0.3, -0.25) is 19.2 Å². The minimum Gasteiger partial charge on any atom is -0.484 e. The molecule has 1 fully saturated rings. The Morgan fingerprint density at radius 3 is 2.49 bits per heavy atom. The molecule has 0 saturated carbocycles. The average molecular weight is 596 g/mol. The van der Waals surface area contributed by atoms with E-state index < -0.39 is 46.8 Å². The molecule has 0 radical (unpaired) electrons. The fraction of sp³-hybridized carbons (Fsp3) is 0.500. The molecule has 9 nitrogen and oxygen atoms in total. The van der Waals surface area contributed by atoms with Crippen molar-refractivity contribution in [1.29, 1.82) is 0 Å². The van der Waals surface area contributed by atoms with Gasteiger partial charge in [0.15, 0.2) is 6.61 Å². The Kier molecular flexibility index (Phi) is 12.9. The molecule has 1 aromatic carbocycles. The molecule has 0 aliphatic carbocycles. The molecule has 1 heterocycles. The Balaban J connectivity index is 2.00. The number of thioether (sulfide) groups is 1. The lowest BCUT2D eigenvalue weighted by Gasteiger charge is -2.47. The maximum atomic E-state index is 12.8. The van der Waals surface area contributed by atoms with Crippen LogP contribution >= 0.6 is 46.6 Å². The summed E-state index contributed by atoms with van der Waals surface area (Å²) in [5.41, 5.74) is 0.704. The van der Waals surface area contributed by atoms with Crippen molar-refractivity contribution in [2.75, 3.05) is 32.1 Å². The lowest BCUT2D eigenvalue weighted by Crippen LogP contribution is -2.72. The summed E-state index contributed by atoms with van der Waals surface area (Å²) in [6, 6.07) is 7.25. The number of nitrogens with one attached hydrogen (secondary N) is 1. The standard InChI is InChI=1S/C24H29Cl3N2O7S/c1-3-10-34-19(31)9-11-37-14-16(2)22-21(28-18(30)13-35-17-7-5-4-6-8-17)23(33)29(22)12-20(32)36-15-24(25,26)27/h4-8,14,21-22H,3,9-13,15H2,1-2H3,(H,28,30). The van der Waals surface area contributed by atoms with E-state index in [4.69, 9.17) is 49.0 Å². The van der Waals surface area contributed by atoms with Crippen LogP contribution in [0.3, 0.4) is 0 Å². The van der Waals surface area contributed by atoms with Gasteiger partial charge in [0.1, 0.15) is 24.9 Å². The van der Waals surface area contributed by atoms with Gasteiger partial charge in [0.25, 0.3) is 5.91 Å². The van der Waals surface area contributed by atoms with Gasteiger partial charge in [-0.25, -0.2) is 0 Å². The van der Waals surface area contributed by atoms with Crippen LogP contribution in [-0.2, 0) is 28.7 Å². The summed E-state index contributed by atoms with van der Waals surface area (Å²) < 4.78 is 13.6. The maximum absolute atomic E-state index is 12.8. The van der Waals surface area contributed by atoms with Gasteiger partial charge in [-0.2, -0.15) is 0 Å². The minimum atomic E-state index is -1.78. The molecule has 2 atom stereocenters. The van der Waals surface area contributed by atoms with E-state index in [0.29, 0.717) is 23.7 Å². The molecule has 2 rings (SSSR count). The predicted molar refractivity (Wildman–Crippen MR) is 143 cm³/mol. The second-order valence-electron chi connectivity index (χ2n) is 8.04. The lowest BCUT2D eigenvalue weighted by atomic mass is 9.89. The van der Waals surface area contributed by atoms with Crippen LogP contribution in [0.1, 0.15) is 26.7 Å². The molecule has 0 spiro atoms. The molecular weight excluding hydrogens is 567 g/mol. The molecular formula is C24H29Cl3N2O7S. The van der Waals surface area contributed by atoms with E-state index in [1.54, 1.807) is 36.6 Å². The number of ether oxygens (including phenoxy) is 3. The number of hydrogen-bond donors (Lipinski definition) is 1. The van der Waals surface area contributed by atoms with Crippen LogP contribution in [0.25, 0.3) is 0 Å². The van der Waals surface area contributed by atoms with Gasteiger partial charge in [0, 0.05) is 5.75 Å². The van der Waals surface area contributed by atoms with E-state index in [2.05, 4.69) is 5.32 Å². The molecule has 204 valence electrons. The Labute approximate surface area is 235 Å². The highest BCUT2D eigenvalue weighted by molar-refractivity contribution is 8.02. The summed E-state index contributed by atoms with van der Waals surface area (Å²) in [7, 11) is 0. The van der Waals surface area contributed by atoms with Crippen LogP contribution in [0.4, 0.5) is 0 Å². The number of alkyl halides is 3. The van der Waals surface area contributed by atoms with Crippen molar-refractivity contribution in [1.82, 2.24) is 10.2 Å². The molecule has 1 aromatic rings. The highest BCUT2D eigenvalue weighted by Crippen LogP contribution is 2.29. The number of halogens is 3. The van der Waals surface area contributed by atoms with Crippen LogP contribution in [0.2, 0.25) is 0 Å². The maximum Gasteiger partial charge on any atom is 0.325 e. The van der Waals surface area contributed by atoms with E-state index in [1.165, 1.54) is 16.7 Å². The largest absolute Gasteiger partial charge is 0.484 e. The summed E-state index contributed by atoms with van der Waals surface area (Å²) in [5, 5.41) is 4.45. The summed E-state index contributed by atoms with van der Waals surface area (Å²) >= 11 is 18.2. The molecule has 1 aliphatic rings. The van der Waals surface area contributed by atoms with E-state index in [9.17, 15) is 19.2 Å². The molecule has 37 heavy (non-hydrogen) atoms. The van der Waals surface area contributed by atoms with E-state index in [-0.39, 0.29) is 19.0 Å². The van der Waals surface area contributed by atoms with Crippen LogP contribution < -0.4 is 10.1 Å². The van der Waals surface area contributed by atoms with Crippen molar-refractivity contribution in [3.05, 3.63) is 41.3 Å². The minimum absolute atomic E-state index is 0.224. The third-order valence-corrected chi connectivity index (χ3v) is 6.26. The predicted octanol–water partition coefficient (Wildman–Crippen LogP) is 3.65. The van der Waals surface area contributed by atoms with E-state index in [1.807, 2.05) is 13.0 Å². The van der Waals surface area contributed by atoms with Gasteiger partial charge >= 0.3 is 11.9 Å². The van der Waals surface area contributed by atoms with Crippen molar-refractivity contribution >= 4 is 70.3 Å². The summed E-state index contributed by atoms with van der Waals surface area (Å²) in [4.78, 5) is 50.5. The van der Waals surface area contributed by atoms with E-state index in [0.717, 1.165) is 6.42 Å². The fourth-order valence-corrected chi connectivity index (χ4v) is 4.26. The Morgan fingerprint density at radius 2 is 1.84 bits per heavy atom. The van der Waals surface area contributed by atoms with Crippen LogP contribution in [-0.4, -0.2) is 76.6 Å². The second-order valence-corrected chi connectivity index (χ2v) is 11.5. The van der Waals surface area contributed by atoms with Crippen molar-refractivity contribution in [2.45, 2.75) is 42.6 Å². The fourth-order valence-electron chi connectivity index (χ4n) is 3.29. The third kappa shape index (κ3) is 11.0. The smallest absolute Gasteiger partial charge is 0.325 e. The highest BCUT2D eigenvalue weighted by atomic mass is 35.6. The summed E-state index contributed by atoms with van der Waals surface area (Å²) in [5.74, 6) is -1.04. The molecule has 0 bridgehead atoms. The molecule has 2 unspecified atom stereocenters. The number of benzene rings is 1. The highest BCUT2D eigenvalue weighted by Gasteiger charge is 2.49. The van der Waals surface area contributed by atoms with Crippen molar-refractivity contribution in [2.24, 2.45) is 0 Å². The van der Waals surface area contributed by atoms with Crippen LogP contribution in [0.15, 0.2) is 41.3 Å². The molecule has 2 amide bonds. The number of esters is 2. The first-order valence-corrected chi connectivity index (χ1v) is 13.6. The topological polar surface area (TPSA) is 111 Å². The molecule has 13 heteroatoms. The van der Waals surface area contributed by atoms with Gasteiger partial charge in [-0.15, -0.1) is 11.8 Å². The zero-order chi connectivity index (χ0) is 27.4. The van der Waals surface area contributed by atoms with Crippen molar-refractivity contribution in [3.63, 3.8) is 0 Å². The van der Waals surface area contributed by atoms with Gasteiger partial charge in [-0.1, -0.05) is 59.9 Å². The van der Waals surface area contributed by atoms with E-state index >= 15 is 0 Å². The summed E-state index contributed by atoms with van der Waals surface area (Å²) in [6.45, 7) is 2.90. The van der Waals surface area contributed by atoms with Crippen LogP contribution in [0.5, 0.6) is 5.75 Å². The number of nitrogens with zero attached hydrogens (tertiary/aromatic N) is 1. The zero-order valence-electron chi connectivity index (χ0n) is 20.4. The van der Waals surface area contributed by atoms with Crippen LogP contribution in [0, 0.1) is 0 Å². The number of hydrogen-bond acceptors (Lipinski definition) is 8. The molecule has 0 aromatic heterocycles. The van der Waals surface area contributed by atoms with Gasteiger partial charge in [0.2, 0.25) is 9.70 Å². The second kappa shape index (κ2) is 15.3. The quantitative estimate of drug-likeness (QED) is 0.150. The Morgan fingerprint density at radius 1 is 1.14 bits per heavy atom. The number of likely N-dealkylation sites (tertiary alicyclic amines) is 1. The monoisotopic (exact) mass is 594 g/mol. The first-order valence-electron chi connectivity index (χ1n) is 11.5. The Bertz CT molecular complexity index is 973. The lowest BCUT2D eigenvalue weighted by molar-refractivity contribution is -0.160. The van der Waals surface area contributed by atoms with Gasteiger partial charge in [0.05, 0.1) is 19.1 Å². The number of carbonyl (C=O) groups is 4. The number of β-lactam (4-membered cyclic amide) rings is 1.